The first-order valence-corrected chi connectivity index (χ1v) is 21.1. The van der Waals surface area contributed by atoms with Gasteiger partial charge in [0.2, 0.25) is 5.91 Å². The van der Waals surface area contributed by atoms with Gasteiger partial charge in [-0.1, -0.05) is 139 Å². The minimum absolute atomic E-state index is 0.142. The number of aliphatic carboxylic acids is 1. The molecule has 1 amide bonds. The van der Waals surface area contributed by atoms with Gasteiger partial charge in [0.15, 0.2) is 0 Å². The average molecular weight is 727 g/mol. The maximum absolute atomic E-state index is 12.7. The molecule has 0 aromatic carbocycles. The van der Waals surface area contributed by atoms with E-state index in [1.165, 1.54) is 77.0 Å². The number of ether oxygens (including phenoxy) is 1. The molecule has 0 spiro atoms. The van der Waals surface area contributed by atoms with Crippen LogP contribution in [-0.2, 0) is 19.1 Å². The topological polar surface area (TPSA) is 119 Å². The zero-order chi connectivity index (χ0) is 38.2. The number of unbranched alkanes of at least 4 members (excludes halogenated alkanes) is 15. The van der Waals surface area contributed by atoms with Crippen LogP contribution in [0.2, 0.25) is 0 Å². The van der Waals surface area contributed by atoms with Crippen molar-refractivity contribution in [2.75, 3.05) is 6.54 Å². The zero-order valence-electron chi connectivity index (χ0n) is 33.4. The number of hydrogen-bond donors (Lipinski definition) is 3. The number of amides is 1. The highest BCUT2D eigenvalue weighted by molar-refractivity contribution is 5.83. The molecule has 0 aromatic rings. The quantitative estimate of drug-likeness (QED) is 0.0333. The van der Waals surface area contributed by atoms with Crippen LogP contribution in [-0.4, -0.2) is 41.6 Å². The van der Waals surface area contributed by atoms with E-state index in [-0.39, 0.29) is 24.4 Å². The number of carbonyl (C=O) groups is 3. The number of carbonyl (C=O) groups excluding carboxylic acids is 2. The molecule has 7 nitrogen and oxygen atoms in total. The van der Waals surface area contributed by atoms with E-state index in [1.807, 2.05) is 6.08 Å². The van der Waals surface area contributed by atoms with E-state index < -0.39 is 12.0 Å². The van der Waals surface area contributed by atoms with E-state index >= 15 is 0 Å². The van der Waals surface area contributed by atoms with Crippen LogP contribution >= 0.6 is 0 Å². The Bertz CT molecular complexity index is 1000. The van der Waals surface area contributed by atoms with Crippen molar-refractivity contribution in [1.82, 2.24) is 5.32 Å². The van der Waals surface area contributed by atoms with E-state index in [0.717, 1.165) is 57.8 Å². The van der Waals surface area contributed by atoms with Crippen LogP contribution in [0.3, 0.4) is 0 Å². The van der Waals surface area contributed by atoms with Crippen molar-refractivity contribution in [2.45, 2.75) is 199 Å². The SMILES string of the molecule is CC/C=C\C/C=C\C/C=C\C/C=C\C(CCCCCC(=O)NC(CCCN)C(=O)O)OC(=O)CCCCCCCCC/C=C\CCCCCCCC. The molecule has 0 aliphatic rings. The first-order valence-electron chi connectivity index (χ1n) is 21.1. The molecule has 52 heavy (non-hydrogen) atoms. The van der Waals surface area contributed by atoms with Crippen molar-refractivity contribution >= 4 is 17.8 Å². The van der Waals surface area contributed by atoms with Gasteiger partial charge in [0.1, 0.15) is 12.1 Å². The van der Waals surface area contributed by atoms with E-state index in [1.54, 1.807) is 0 Å². The second-order valence-electron chi connectivity index (χ2n) is 14.0. The standard InChI is InChI=1S/C45H78N2O5/c1-3-5-7-9-11-13-15-16-17-18-19-20-22-24-26-28-33-39-44(49)52-41(35-30-27-25-23-21-14-12-10-8-6-4-2)36-31-29-32-38-43(48)47-42(45(50)51)37-34-40-46/h6,8,12,14,16-17,23,25,30,35,41-42H,3-5,7,9-11,13,15,18-22,24,26-29,31-34,36-40,46H2,1-2H3,(H,47,48)(H,50,51)/b8-6-,14-12-,17-16-,25-23-,35-30-. The van der Waals surface area contributed by atoms with Gasteiger partial charge in [0.05, 0.1) is 0 Å². The molecule has 2 unspecified atom stereocenters. The average Bonchev–Trinajstić information content (AvgIpc) is 3.13. The highest BCUT2D eigenvalue weighted by Gasteiger charge is 2.19. The molecular formula is C45H78N2O5. The molecule has 4 N–H and O–H groups in total. The maximum Gasteiger partial charge on any atom is 0.326 e. The minimum Gasteiger partial charge on any atom is -0.480 e. The van der Waals surface area contributed by atoms with Crippen molar-refractivity contribution in [1.29, 1.82) is 0 Å². The third-order valence-electron chi connectivity index (χ3n) is 9.05. The van der Waals surface area contributed by atoms with Crippen LogP contribution in [0.15, 0.2) is 60.8 Å². The summed E-state index contributed by atoms with van der Waals surface area (Å²) < 4.78 is 5.89. The lowest BCUT2D eigenvalue weighted by atomic mass is 10.1. The van der Waals surface area contributed by atoms with Crippen molar-refractivity contribution in [3.05, 3.63) is 60.8 Å². The monoisotopic (exact) mass is 727 g/mol. The Labute approximate surface area is 319 Å². The van der Waals surface area contributed by atoms with Crippen LogP contribution in [0, 0.1) is 0 Å². The second-order valence-corrected chi connectivity index (χ2v) is 14.0. The van der Waals surface area contributed by atoms with E-state index in [0.29, 0.717) is 38.6 Å². The molecule has 0 aliphatic heterocycles. The van der Waals surface area contributed by atoms with Crippen LogP contribution in [0.25, 0.3) is 0 Å². The van der Waals surface area contributed by atoms with Crippen LogP contribution < -0.4 is 11.1 Å². The number of carboxylic acids is 1. The minimum atomic E-state index is -1.03. The normalized spacial score (nSPS) is 13.3. The molecule has 298 valence electrons. The van der Waals surface area contributed by atoms with Gasteiger partial charge in [0, 0.05) is 12.8 Å². The van der Waals surface area contributed by atoms with Gasteiger partial charge in [-0.15, -0.1) is 0 Å². The summed E-state index contributed by atoms with van der Waals surface area (Å²) >= 11 is 0. The molecule has 0 saturated heterocycles. The summed E-state index contributed by atoms with van der Waals surface area (Å²) in [4.78, 5) is 36.4. The van der Waals surface area contributed by atoms with Crippen molar-refractivity contribution in [3.63, 3.8) is 0 Å². The van der Waals surface area contributed by atoms with Gasteiger partial charge in [-0.2, -0.15) is 0 Å². The Morgan fingerprint density at radius 1 is 0.596 bits per heavy atom. The summed E-state index contributed by atoms with van der Waals surface area (Å²) in [6, 6.07) is -0.894. The molecular weight excluding hydrogens is 649 g/mol. The number of carboxylic acid groups (broad SMARTS) is 1. The fourth-order valence-electron chi connectivity index (χ4n) is 5.88. The van der Waals surface area contributed by atoms with Gasteiger partial charge in [-0.3, -0.25) is 9.59 Å². The molecule has 0 radical (unpaired) electrons. The summed E-state index contributed by atoms with van der Waals surface area (Å²) in [5.41, 5.74) is 5.49. The van der Waals surface area contributed by atoms with E-state index in [2.05, 4.69) is 73.8 Å². The van der Waals surface area contributed by atoms with Crippen LogP contribution in [0.4, 0.5) is 0 Å². The zero-order valence-corrected chi connectivity index (χ0v) is 33.4. The summed E-state index contributed by atoms with van der Waals surface area (Å²) in [6.07, 6.45) is 48.5. The lowest BCUT2D eigenvalue weighted by Gasteiger charge is -2.15. The third kappa shape index (κ3) is 35.5. The fraction of sp³-hybridized carbons (Fsp3) is 0.711. The molecule has 0 aliphatic carbocycles. The van der Waals surface area contributed by atoms with Gasteiger partial charge in [-0.25, -0.2) is 4.79 Å². The summed E-state index contributed by atoms with van der Waals surface area (Å²) in [6.45, 7) is 4.79. The molecule has 2 atom stereocenters. The summed E-state index contributed by atoms with van der Waals surface area (Å²) in [7, 11) is 0. The van der Waals surface area contributed by atoms with Crippen LogP contribution in [0.5, 0.6) is 0 Å². The predicted octanol–water partition coefficient (Wildman–Crippen LogP) is 11.8. The number of esters is 1. The third-order valence-corrected chi connectivity index (χ3v) is 9.05. The van der Waals surface area contributed by atoms with Gasteiger partial charge in [0.25, 0.3) is 0 Å². The Balaban J connectivity index is 4.43. The maximum atomic E-state index is 12.7. The van der Waals surface area contributed by atoms with Gasteiger partial charge >= 0.3 is 11.9 Å². The lowest BCUT2D eigenvalue weighted by molar-refractivity contribution is -0.147. The van der Waals surface area contributed by atoms with E-state index in [4.69, 9.17) is 10.5 Å². The summed E-state index contributed by atoms with van der Waals surface area (Å²) in [5.74, 6) is -1.42. The number of nitrogens with two attached hydrogens (primary N) is 1. The molecule has 0 heterocycles. The Morgan fingerprint density at radius 3 is 1.69 bits per heavy atom. The number of rotatable bonds is 37. The highest BCUT2D eigenvalue weighted by atomic mass is 16.5. The van der Waals surface area contributed by atoms with E-state index in [9.17, 15) is 19.5 Å². The van der Waals surface area contributed by atoms with Gasteiger partial charge in [-0.05, 0) is 103 Å². The first-order chi connectivity index (χ1) is 25.4. The Hall–Kier alpha value is -2.93. The van der Waals surface area contributed by atoms with Crippen molar-refractivity contribution < 1.29 is 24.2 Å². The summed E-state index contributed by atoms with van der Waals surface area (Å²) in [5, 5.41) is 11.9. The second kappa shape index (κ2) is 39.3. The molecule has 0 saturated carbocycles. The van der Waals surface area contributed by atoms with Gasteiger partial charge < -0.3 is 20.9 Å². The fourth-order valence-corrected chi connectivity index (χ4v) is 5.88. The largest absolute Gasteiger partial charge is 0.480 e. The number of nitrogens with one attached hydrogen (secondary N) is 1. The number of hydrogen-bond acceptors (Lipinski definition) is 5. The molecule has 0 bridgehead atoms. The lowest BCUT2D eigenvalue weighted by Crippen LogP contribution is -2.40. The molecule has 0 rings (SSSR count). The smallest absolute Gasteiger partial charge is 0.326 e. The molecule has 7 heteroatoms. The first kappa shape index (κ1) is 49.1. The van der Waals surface area contributed by atoms with Crippen LogP contribution in [0.1, 0.15) is 187 Å². The Kier molecular flexibility index (Phi) is 37.1. The molecule has 0 fully saturated rings. The van der Waals surface area contributed by atoms with Crippen molar-refractivity contribution in [2.24, 2.45) is 5.73 Å². The highest BCUT2D eigenvalue weighted by Crippen LogP contribution is 2.15. The predicted molar refractivity (Wildman–Crippen MR) is 220 cm³/mol. The molecule has 0 aromatic heterocycles. The Morgan fingerprint density at radius 2 is 1.12 bits per heavy atom. The number of allylic oxidation sites excluding steroid dienone is 9. The van der Waals surface area contributed by atoms with Crippen molar-refractivity contribution in [3.8, 4) is 0 Å².